The summed E-state index contributed by atoms with van der Waals surface area (Å²) in [5.74, 6) is 0. The van der Waals surface area contributed by atoms with Gasteiger partial charge in [-0.3, -0.25) is 5.32 Å². The summed E-state index contributed by atoms with van der Waals surface area (Å²) < 4.78 is 6.39. The van der Waals surface area contributed by atoms with Gasteiger partial charge in [0.05, 0.1) is 4.70 Å². The molecular weight excluding hydrogens is 318 g/mol. The summed E-state index contributed by atoms with van der Waals surface area (Å²) in [5.41, 5.74) is -0.488. The number of nitrogens with zero attached hydrogens (tertiary/aromatic N) is 2. The summed E-state index contributed by atoms with van der Waals surface area (Å²) in [6.45, 7) is 7.76. The molecule has 0 saturated carbocycles. The Morgan fingerprint density at radius 3 is 2.64 bits per heavy atom. The number of thiophene rings is 1. The monoisotopic (exact) mass is 339 g/mol. The Kier molecular flexibility index (Phi) is 4.27. The normalized spacial score (nSPS) is 16.0. The number of carbonyl (C=O) groups is 1. The number of thiazole rings is 1. The van der Waals surface area contributed by atoms with Crippen molar-refractivity contribution in [3.8, 4) is 0 Å². The minimum absolute atomic E-state index is 0.419. The van der Waals surface area contributed by atoms with Crippen molar-refractivity contribution in [2.45, 2.75) is 45.6 Å². The summed E-state index contributed by atoms with van der Waals surface area (Å²) in [5, 5.41) is 4.67. The molecule has 0 unspecified atom stereocenters. The number of hydrogen-bond donors (Lipinski definition) is 1. The van der Waals surface area contributed by atoms with E-state index in [1.54, 1.807) is 11.3 Å². The molecule has 7 heteroatoms. The maximum atomic E-state index is 11.8. The average Bonchev–Trinajstić information content (AvgIpc) is 2.95. The molecule has 0 atom stereocenters. The molecule has 5 nitrogen and oxygen atoms in total. The van der Waals surface area contributed by atoms with Gasteiger partial charge in [-0.25, -0.2) is 9.78 Å². The van der Waals surface area contributed by atoms with E-state index in [0.717, 1.165) is 32.8 Å². The predicted octanol–water partition coefficient (Wildman–Crippen LogP) is 4.70. The summed E-state index contributed by atoms with van der Waals surface area (Å²) >= 11 is 3.20. The van der Waals surface area contributed by atoms with Crippen LogP contribution in [-0.2, 0) is 4.74 Å². The first kappa shape index (κ1) is 15.6. The molecule has 3 heterocycles. The van der Waals surface area contributed by atoms with E-state index < -0.39 is 11.7 Å². The van der Waals surface area contributed by atoms with Crippen molar-refractivity contribution >= 4 is 48.4 Å². The van der Waals surface area contributed by atoms with Crippen LogP contribution in [0.1, 0.15) is 40.0 Å². The quantitative estimate of drug-likeness (QED) is 0.862. The number of aromatic nitrogens is 1. The predicted molar refractivity (Wildman–Crippen MR) is 93.4 cm³/mol. The zero-order valence-electron chi connectivity index (χ0n) is 13.1. The van der Waals surface area contributed by atoms with E-state index in [-0.39, 0.29) is 0 Å². The molecule has 1 N–H and O–H groups in total. The Morgan fingerprint density at radius 2 is 2.00 bits per heavy atom. The molecule has 1 amide bonds. The number of rotatable bonds is 2. The van der Waals surface area contributed by atoms with Crippen molar-refractivity contribution < 1.29 is 9.53 Å². The number of carbonyl (C=O) groups excluding carboxylic acids is 1. The largest absolute Gasteiger partial charge is 0.444 e. The molecule has 2 aromatic heterocycles. The molecule has 2 aromatic rings. The second kappa shape index (κ2) is 6.04. The first-order chi connectivity index (χ1) is 10.4. The smallest absolute Gasteiger partial charge is 0.412 e. The Bertz CT molecular complexity index is 634. The Hall–Kier alpha value is -1.34. The van der Waals surface area contributed by atoms with Gasteiger partial charge in [0.1, 0.15) is 15.4 Å². The van der Waals surface area contributed by atoms with Crippen LogP contribution in [0.2, 0.25) is 0 Å². The topological polar surface area (TPSA) is 54.5 Å². The summed E-state index contributed by atoms with van der Waals surface area (Å²) in [6, 6.07) is 1.98. The Balaban J connectivity index is 1.69. The van der Waals surface area contributed by atoms with Crippen LogP contribution < -0.4 is 10.2 Å². The first-order valence-corrected chi connectivity index (χ1v) is 9.19. The fraction of sp³-hybridized carbons (Fsp3) is 0.600. The minimum atomic E-state index is -0.488. The van der Waals surface area contributed by atoms with Gasteiger partial charge < -0.3 is 9.64 Å². The van der Waals surface area contributed by atoms with Crippen LogP contribution in [-0.4, -0.2) is 29.8 Å². The summed E-state index contributed by atoms with van der Waals surface area (Å²) in [7, 11) is 0. The van der Waals surface area contributed by atoms with Gasteiger partial charge in [-0.1, -0.05) is 22.7 Å². The van der Waals surface area contributed by atoms with Gasteiger partial charge >= 0.3 is 6.09 Å². The molecule has 1 aliphatic heterocycles. The first-order valence-electron chi connectivity index (χ1n) is 7.56. The highest BCUT2D eigenvalue weighted by molar-refractivity contribution is 7.30. The number of nitrogens with one attached hydrogen (secondary N) is 1. The van der Waals surface area contributed by atoms with Crippen LogP contribution in [0.25, 0.3) is 9.53 Å². The third-order valence-electron chi connectivity index (χ3n) is 3.33. The fourth-order valence-corrected chi connectivity index (χ4v) is 4.56. The standard InChI is InChI=1S/C15H21N3O2S2/c1-15(2,3)20-14(19)16-11-9-10-12(22-11)17-13(21-10)18-7-5-4-6-8-18/h9H,4-8H2,1-3H3,(H,16,19). The highest BCUT2D eigenvalue weighted by Crippen LogP contribution is 2.37. The molecule has 0 radical (unpaired) electrons. The van der Waals surface area contributed by atoms with E-state index in [1.165, 1.54) is 30.6 Å². The van der Waals surface area contributed by atoms with Crippen molar-refractivity contribution in [3.63, 3.8) is 0 Å². The van der Waals surface area contributed by atoms with Crippen LogP contribution >= 0.6 is 22.7 Å². The third kappa shape index (κ3) is 3.70. The van der Waals surface area contributed by atoms with Gasteiger partial charge in [0.2, 0.25) is 0 Å². The maximum absolute atomic E-state index is 11.8. The molecule has 22 heavy (non-hydrogen) atoms. The Morgan fingerprint density at radius 1 is 1.27 bits per heavy atom. The van der Waals surface area contributed by atoms with E-state index in [1.807, 2.05) is 26.8 Å². The lowest BCUT2D eigenvalue weighted by atomic mass is 10.1. The number of piperidine rings is 1. The van der Waals surface area contributed by atoms with Crippen LogP contribution in [0.3, 0.4) is 0 Å². The van der Waals surface area contributed by atoms with Gasteiger partial charge in [0.15, 0.2) is 5.13 Å². The van der Waals surface area contributed by atoms with E-state index in [0.29, 0.717) is 0 Å². The number of ether oxygens (including phenoxy) is 1. The molecule has 1 fully saturated rings. The molecule has 120 valence electrons. The van der Waals surface area contributed by atoms with Crippen molar-refractivity contribution in [1.82, 2.24) is 4.98 Å². The highest BCUT2D eigenvalue weighted by Gasteiger charge is 2.19. The highest BCUT2D eigenvalue weighted by atomic mass is 32.1. The lowest BCUT2D eigenvalue weighted by molar-refractivity contribution is 0.0636. The van der Waals surface area contributed by atoms with Gasteiger partial charge in [-0.15, -0.1) is 0 Å². The molecule has 0 aromatic carbocycles. The number of fused-ring (bicyclic) bond motifs is 1. The lowest BCUT2D eigenvalue weighted by Gasteiger charge is -2.25. The average molecular weight is 339 g/mol. The van der Waals surface area contributed by atoms with Gasteiger partial charge in [-0.2, -0.15) is 0 Å². The zero-order chi connectivity index (χ0) is 15.7. The molecular formula is C15H21N3O2S2. The van der Waals surface area contributed by atoms with E-state index in [9.17, 15) is 4.79 Å². The molecule has 0 bridgehead atoms. The lowest BCUT2D eigenvalue weighted by Crippen LogP contribution is -2.29. The van der Waals surface area contributed by atoms with Gasteiger partial charge in [0, 0.05) is 13.1 Å². The van der Waals surface area contributed by atoms with E-state index in [4.69, 9.17) is 9.72 Å². The summed E-state index contributed by atoms with van der Waals surface area (Å²) in [6.07, 6.45) is 3.40. The van der Waals surface area contributed by atoms with Crippen molar-refractivity contribution in [2.75, 3.05) is 23.3 Å². The van der Waals surface area contributed by atoms with Crippen LogP contribution in [0, 0.1) is 0 Å². The van der Waals surface area contributed by atoms with Crippen LogP contribution in [0.15, 0.2) is 6.07 Å². The second-order valence-corrected chi connectivity index (χ2v) is 8.49. The molecule has 1 saturated heterocycles. The van der Waals surface area contributed by atoms with Crippen LogP contribution in [0.4, 0.5) is 14.9 Å². The zero-order valence-corrected chi connectivity index (χ0v) is 14.8. The Labute approximate surface area is 138 Å². The van der Waals surface area contributed by atoms with Crippen molar-refractivity contribution in [3.05, 3.63) is 6.07 Å². The molecule has 1 aliphatic rings. The van der Waals surface area contributed by atoms with E-state index >= 15 is 0 Å². The van der Waals surface area contributed by atoms with Gasteiger partial charge in [-0.05, 0) is 46.1 Å². The molecule has 0 spiro atoms. The minimum Gasteiger partial charge on any atom is -0.444 e. The third-order valence-corrected chi connectivity index (χ3v) is 5.47. The van der Waals surface area contributed by atoms with Gasteiger partial charge in [0.25, 0.3) is 0 Å². The number of amides is 1. The summed E-state index contributed by atoms with van der Waals surface area (Å²) in [4.78, 5) is 19.8. The fourth-order valence-electron chi connectivity index (χ4n) is 2.41. The van der Waals surface area contributed by atoms with Crippen LogP contribution in [0.5, 0.6) is 0 Å². The van der Waals surface area contributed by atoms with E-state index in [2.05, 4.69) is 10.2 Å². The SMILES string of the molecule is CC(C)(C)OC(=O)Nc1cc2sc(N3CCCCC3)nc2s1. The maximum Gasteiger partial charge on any atom is 0.412 e. The number of anilines is 2. The van der Waals surface area contributed by atoms with Crippen molar-refractivity contribution in [2.24, 2.45) is 0 Å². The second-order valence-electron chi connectivity index (χ2n) is 6.45. The molecule has 3 rings (SSSR count). The number of hydrogen-bond acceptors (Lipinski definition) is 6. The molecule has 0 aliphatic carbocycles. The van der Waals surface area contributed by atoms with Crippen molar-refractivity contribution in [1.29, 1.82) is 0 Å².